The van der Waals surface area contributed by atoms with E-state index in [-0.39, 0.29) is 5.91 Å². The van der Waals surface area contributed by atoms with Gasteiger partial charge in [0.1, 0.15) is 10.6 Å². The summed E-state index contributed by atoms with van der Waals surface area (Å²) in [5.74, 6) is 0.881. The molecule has 0 atom stereocenters. The molecule has 2 N–H and O–H groups in total. The molecule has 0 aliphatic rings. The highest BCUT2D eigenvalue weighted by molar-refractivity contribution is 7.12. The number of aromatic nitrogens is 2. The van der Waals surface area contributed by atoms with Crippen LogP contribution in [0.25, 0.3) is 0 Å². The number of ether oxygens (including phenoxy) is 1. The van der Waals surface area contributed by atoms with E-state index in [2.05, 4.69) is 15.5 Å². The maximum atomic E-state index is 11.8. The predicted octanol–water partition coefficient (Wildman–Crippen LogP) is 2.04. The average molecular weight is 237 g/mol. The highest BCUT2D eigenvalue weighted by Crippen LogP contribution is 2.25. The minimum absolute atomic E-state index is 0.210. The smallest absolute Gasteiger partial charge is 0.270 e. The van der Waals surface area contributed by atoms with Crippen LogP contribution in [-0.2, 0) is 0 Å². The Kier molecular flexibility index (Phi) is 2.91. The number of aryl methyl sites for hydroxylation is 1. The second-order valence-electron chi connectivity index (χ2n) is 3.21. The lowest BCUT2D eigenvalue weighted by Gasteiger charge is -2.01. The van der Waals surface area contributed by atoms with Gasteiger partial charge in [0.05, 0.1) is 7.11 Å². The zero-order chi connectivity index (χ0) is 11.5. The molecule has 0 unspecified atom stereocenters. The summed E-state index contributed by atoms with van der Waals surface area (Å²) < 4.78 is 5.07. The van der Waals surface area contributed by atoms with Crippen molar-refractivity contribution in [2.45, 2.75) is 6.92 Å². The van der Waals surface area contributed by atoms with Gasteiger partial charge in [-0.1, -0.05) is 0 Å². The molecule has 2 rings (SSSR count). The Morgan fingerprint density at radius 3 is 3.06 bits per heavy atom. The van der Waals surface area contributed by atoms with E-state index >= 15 is 0 Å². The first-order valence-corrected chi connectivity index (χ1v) is 5.53. The lowest BCUT2D eigenvalue weighted by molar-refractivity contribution is 0.102. The fourth-order valence-corrected chi connectivity index (χ4v) is 2.03. The van der Waals surface area contributed by atoms with Gasteiger partial charge >= 0.3 is 0 Å². The van der Waals surface area contributed by atoms with Crippen molar-refractivity contribution in [3.05, 3.63) is 28.1 Å². The number of methoxy groups -OCH3 is 1. The van der Waals surface area contributed by atoms with Crippen molar-refractivity contribution in [2.75, 3.05) is 12.4 Å². The minimum atomic E-state index is -0.210. The van der Waals surface area contributed by atoms with E-state index in [4.69, 9.17) is 4.74 Å². The Hall–Kier alpha value is -1.82. The maximum Gasteiger partial charge on any atom is 0.270 e. The molecule has 0 saturated heterocycles. The molecule has 2 heterocycles. The highest BCUT2D eigenvalue weighted by Gasteiger charge is 2.14. The van der Waals surface area contributed by atoms with Gasteiger partial charge in [0.15, 0.2) is 5.82 Å². The van der Waals surface area contributed by atoms with Crippen LogP contribution in [0, 0.1) is 6.92 Å². The zero-order valence-electron chi connectivity index (χ0n) is 8.90. The summed E-state index contributed by atoms with van der Waals surface area (Å²) in [6.45, 7) is 1.87. The number of amides is 1. The van der Waals surface area contributed by atoms with Gasteiger partial charge in [-0.05, 0) is 18.4 Å². The SMILES string of the molecule is COc1ccsc1C(=O)Nc1cc(C)[nH]n1. The fraction of sp³-hybridized carbons (Fsp3) is 0.200. The monoisotopic (exact) mass is 237 g/mol. The number of aromatic amines is 1. The summed E-state index contributed by atoms with van der Waals surface area (Å²) in [5.41, 5.74) is 0.897. The number of nitrogens with zero attached hydrogens (tertiary/aromatic N) is 1. The summed E-state index contributed by atoms with van der Waals surface area (Å²) in [6, 6.07) is 3.52. The quantitative estimate of drug-likeness (QED) is 0.858. The molecule has 0 aliphatic carbocycles. The van der Waals surface area contributed by atoms with E-state index in [1.54, 1.807) is 12.1 Å². The van der Waals surface area contributed by atoms with E-state index in [1.165, 1.54) is 18.4 Å². The lowest BCUT2D eigenvalue weighted by Crippen LogP contribution is -2.11. The normalized spacial score (nSPS) is 10.1. The van der Waals surface area contributed by atoms with Gasteiger partial charge in [-0.15, -0.1) is 11.3 Å². The molecule has 0 bridgehead atoms. The Balaban J connectivity index is 2.14. The Morgan fingerprint density at radius 2 is 2.44 bits per heavy atom. The Morgan fingerprint density at radius 1 is 1.62 bits per heavy atom. The summed E-state index contributed by atoms with van der Waals surface area (Å²) in [5, 5.41) is 11.2. The van der Waals surface area contributed by atoms with Crippen molar-refractivity contribution in [1.82, 2.24) is 10.2 Å². The van der Waals surface area contributed by atoms with Crippen molar-refractivity contribution in [1.29, 1.82) is 0 Å². The topological polar surface area (TPSA) is 67.0 Å². The van der Waals surface area contributed by atoms with Crippen LogP contribution in [0.5, 0.6) is 5.75 Å². The van der Waals surface area contributed by atoms with Gasteiger partial charge in [-0.3, -0.25) is 9.89 Å². The van der Waals surface area contributed by atoms with Gasteiger partial charge in [-0.25, -0.2) is 0 Å². The van der Waals surface area contributed by atoms with Crippen molar-refractivity contribution in [3.8, 4) is 5.75 Å². The summed E-state index contributed by atoms with van der Waals surface area (Å²) in [6.07, 6.45) is 0. The number of carbonyl (C=O) groups is 1. The highest BCUT2D eigenvalue weighted by atomic mass is 32.1. The predicted molar refractivity (Wildman–Crippen MR) is 62.1 cm³/mol. The summed E-state index contributed by atoms with van der Waals surface area (Å²) in [7, 11) is 1.54. The van der Waals surface area contributed by atoms with E-state index in [1.807, 2.05) is 12.3 Å². The fourth-order valence-electron chi connectivity index (χ4n) is 1.28. The molecule has 0 spiro atoms. The third-order valence-corrected chi connectivity index (χ3v) is 2.90. The molecule has 0 saturated carbocycles. The number of rotatable bonds is 3. The summed E-state index contributed by atoms with van der Waals surface area (Å²) >= 11 is 1.33. The van der Waals surface area contributed by atoms with Gasteiger partial charge in [0.25, 0.3) is 5.91 Å². The van der Waals surface area contributed by atoms with Crippen molar-refractivity contribution >= 4 is 23.1 Å². The number of carbonyl (C=O) groups excluding carboxylic acids is 1. The van der Waals surface area contributed by atoms with Crippen LogP contribution >= 0.6 is 11.3 Å². The number of thiophene rings is 1. The second kappa shape index (κ2) is 4.36. The van der Waals surface area contributed by atoms with E-state index in [0.29, 0.717) is 16.4 Å². The molecular formula is C10H11N3O2S. The largest absolute Gasteiger partial charge is 0.495 e. The molecule has 1 amide bonds. The molecule has 2 aromatic heterocycles. The molecule has 84 valence electrons. The lowest BCUT2D eigenvalue weighted by atomic mass is 10.4. The molecule has 6 heteroatoms. The van der Waals surface area contributed by atoms with Crippen molar-refractivity contribution < 1.29 is 9.53 Å². The molecular weight excluding hydrogens is 226 g/mol. The number of nitrogens with one attached hydrogen (secondary N) is 2. The van der Waals surface area contributed by atoms with Crippen LogP contribution in [0.3, 0.4) is 0 Å². The average Bonchev–Trinajstić information content (AvgIpc) is 2.86. The number of anilines is 1. The zero-order valence-corrected chi connectivity index (χ0v) is 9.72. The van der Waals surface area contributed by atoms with Crippen LogP contribution in [0.4, 0.5) is 5.82 Å². The third kappa shape index (κ3) is 2.06. The molecule has 2 aromatic rings. The second-order valence-corrected chi connectivity index (χ2v) is 4.12. The van der Waals surface area contributed by atoms with Gasteiger partial charge in [0.2, 0.25) is 0 Å². The Bertz CT molecular complexity index is 504. The number of hydrogen-bond acceptors (Lipinski definition) is 4. The van der Waals surface area contributed by atoms with Gasteiger partial charge < -0.3 is 10.1 Å². The van der Waals surface area contributed by atoms with Crippen LogP contribution in [-0.4, -0.2) is 23.2 Å². The number of hydrogen-bond donors (Lipinski definition) is 2. The molecule has 0 radical (unpaired) electrons. The van der Waals surface area contributed by atoms with E-state index < -0.39 is 0 Å². The molecule has 0 fully saturated rings. The third-order valence-electron chi connectivity index (χ3n) is 2.00. The first-order chi connectivity index (χ1) is 7.70. The van der Waals surface area contributed by atoms with Gasteiger partial charge in [-0.2, -0.15) is 5.10 Å². The minimum Gasteiger partial charge on any atom is -0.495 e. The summed E-state index contributed by atoms with van der Waals surface area (Å²) in [4.78, 5) is 12.4. The molecule has 0 aromatic carbocycles. The standard InChI is InChI=1S/C10H11N3O2S/c1-6-5-8(13-12-6)11-10(14)9-7(15-2)3-4-16-9/h3-5H,1-2H3,(H2,11,12,13,14). The Labute approximate surface area is 96.4 Å². The molecule has 16 heavy (non-hydrogen) atoms. The molecule has 5 nitrogen and oxygen atoms in total. The van der Waals surface area contributed by atoms with Crippen LogP contribution < -0.4 is 10.1 Å². The van der Waals surface area contributed by atoms with Gasteiger partial charge in [0, 0.05) is 11.8 Å². The van der Waals surface area contributed by atoms with Crippen molar-refractivity contribution in [3.63, 3.8) is 0 Å². The van der Waals surface area contributed by atoms with Crippen LogP contribution in [0.2, 0.25) is 0 Å². The molecule has 0 aliphatic heterocycles. The van der Waals surface area contributed by atoms with Crippen molar-refractivity contribution in [2.24, 2.45) is 0 Å². The van der Waals surface area contributed by atoms with E-state index in [9.17, 15) is 4.79 Å². The number of H-pyrrole nitrogens is 1. The maximum absolute atomic E-state index is 11.8. The first kappa shape index (κ1) is 10.7. The van der Waals surface area contributed by atoms with E-state index in [0.717, 1.165) is 5.69 Å². The van der Waals surface area contributed by atoms with Crippen LogP contribution in [0.15, 0.2) is 17.5 Å². The first-order valence-electron chi connectivity index (χ1n) is 4.65. The van der Waals surface area contributed by atoms with Crippen LogP contribution in [0.1, 0.15) is 15.4 Å².